The Kier molecular flexibility index (Phi) is 6.76. The molecule has 0 N–H and O–H groups in total. The Morgan fingerprint density at radius 3 is 2.64 bits per heavy atom. The van der Waals surface area contributed by atoms with Crippen molar-refractivity contribution < 1.29 is 14.3 Å². The lowest BCUT2D eigenvalue weighted by Gasteiger charge is -2.08. The first-order valence-electron chi connectivity index (χ1n) is 4.61. The number of ether oxygens (including phenoxy) is 2. The van der Waals surface area contributed by atoms with Gasteiger partial charge in [0, 0.05) is 0 Å². The first-order valence-corrected chi connectivity index (χ1v) is 4.61. The summed E-state index contributed by atoms with van der Waals surface area (Å²) in [5, 5.41) is 0. The van der Waals surface area contributed by atoms with Crippen molar-refractivity contribution in [2.24, 2.45) is 5.92 Å². The molecule has 0 saturated heterocycles. The van der Waals surface area contributed by atoms with E-state index in [0.29, 0.717) is 24.7 Å². The van der Waals surface area contributed by atoms with Crippen molar-refractivity contribution in [3.8, 4) is 0 Å². The van der Waals surface area contributed by atoms with Gasteiger partial charge in [-0.2, -0.15) is 0 Å². The predicted octanol–water partition coefficient (Wildman–Crippen LogP) is 1.94. The van der Waals surface area contributed by atoms with E-state index in [1.54, 1.807) is 6.08 Å². The van der Waals surface area contributed by atoms with Crippen molar-refractivity contribution in [1.29, 1.82) is 0 Å². The van der Waals surface area contributed by atoms with Crippen LogP contribution in [0, 0.1) is 5.92 Å². The van der Waals surface area contributed by atoms with Crippen LogP contribution in [0.5, 0.6) is 0 Å². The fourth-order valence-electron chi connectivity index (χ4n) is 0.669. The summed E-state index contributed by atoms with van der Waals surface area (Å²) in [5.74, 6) is -0.0522. The van der Waals surface area contributed by atoms with E-state index in [1.807, 2.05) is 13.8 Å². The predicted molar refractivity (Wildman–Crippen MR) is 56.0 cm³/mol. The maximum absolute atomic E-state index is 11.2. The van der Waals surface area contributed by atoms with E-state index in [0.717, 1.165) is 0 Å². The zero-order valence-corrected chi connectivity index (χ0v) is 8.91. The highest BCUT2D eigenvalue weighted by molar-refractivity contribution is 5.87. The first kappa shape index (κ1) is 12.9. The normalized spacial score (nSPS) is 9.93. The fraction of sp³-hybridized carbons (Fsp3) is 0.545. The van der Waals surface area contributed by atoms with Crippen LogP contribution in [0.25, 0.3) is 0 Å². The van der Waals surface area contributed by atoms with Crippen LogP contribution in [-0.2, 0) is 14.3 Å². The maximum atomic E-state index is 11.2. The van der Waals surface area contributed by atoms with E-state index in [9.17, 15) is 4.79 Å². The van der Waals surface area contributed by atoms with Gasteiger partial charge in [-0.15, -0.1) is 6.58 Å². The van der Waals surface area contributed by atoms with Gasteiger partial charge in [0.15, 0.2) is 0 Å². The van der Waals surface area contributed by atoms with Crippen LogP contribution < -0.4 is 0 Å². The van der Waals surface area contributed by atoms with Crippen LogP contribution in [-0.4, -0.2) is 25.8 Å². The van der Waals surface area contributed by atoms with Crippen molar-refractivity contribution >= 4 is 5.97 Å². The first-order chi connectivity index (χ1) is 6.57. The molecule has 0 bridgehead atoms. The third-order valence-corrected chi connectivity index (χ3v) is 1.35. The molecule has 0 fully saturated rings. The Morgan fingerprint density at radius 2 is 2.14 bits per heavy atom. The van der Waals surface area contributed by atoms with Crippen molar-refractivity contribution in [1.82, 2.24) is 0 Å². The zero-order chi connectivity index (χ0) is 11.0. The van der Waals surface area contributed by atoms with Crippen LogP contribution in [0.15, 0.2) is 24.8 Å². The minimum absolute atomic E-state index is 0.197. The molecule has 0 heterocycles. The number of esters is 1. The van der Waals surface area contributed by atoms with Crippen molar-refractivity contribution in [2.45, 2.75) is 13.8 Å². The second-order valence-corrected chi connectivity index (χ2v) is 3.40. The molecule has 0 spiro atoms. The molecule has 3 heteroatoms. The number of carbonyl (C=O) groups excluding carboxylic acids is 1. The summed E-state index contributed by atoms with van der Waals surface area (Å²) in [7, 11) is 0. The van der Waals surface area contributed by atoms with Gasteiger partial charge in [-0.25, -0.2) is 4.79 Å². The summed E-state index contributed by atoms with van der Waals surface area (Å²) in [5.41, 5.74) is 0.340. The lowest BCUT2D eigenvalue weighted by Crippen LogP contribution is -2.14. The average molecular weight is 198 g/mol. The molecule has 0 rings (SSSR count). The van der Waals surface area contributed by atoms with Crippen LogP contribution >= 0.6 is 0 Å². The molecule has 0 saturated carbocycles. The molecule has 0 aliphatic heterocycles. The molecule has 80 valence electrons. The molecule has 14 heavy (non-hydrogen) atoms. The SMILES string of the molecule is C=CCOCC(=C)C(=O)OCC(C)C. The lowest BCUT2D eigenvalue weighted by molar-refractivity contribution is -0.140. The summed E-state index contributed by atoms with van der Waals surface area (Å²) in [6.07, 6.45) is 1.62. The minimum atomic E-state index is -0.386. The van der Waals surface area contributed by atoms with E-state index in [1.165, 1.54) is 0 Å². The Morgan fingerprint density at radius 1 is 1.50 bits per heavy atom. The van der Waals surface area contributed by atoms with Crippen molar-refractivity contribution in [2.75, 3.05) is 19.8 Å². The van der Waals surface area contributed by atoms with Gasteiger partial charge < -0.3 is 9.47 Å². The van der Waals surface area contributed by atoms with E-state index < -0.39 is 0 Å². The quantitative estimate of drug-likeness (QED) is 0.271. The molecule has 0 aromatic carbocycles. The highest BCUT2D eigenvalue weighted by atomic mass is 16.5. The molecular weight excluding hydrogens is 180 g/mol. The largest absolute Gasteiger partial charge is 0.462 e. The molecule has 0 atom stereocenters. The number of hydrogen-bond donors (Lipinski definition) is 0. The molecule has 3 nitrogen and oxygen atoms in total. The third-order valence-electron chi connectivity index (χ3n) is 1.35. The number of hydrogen-bond acceptors (Lipinski definition) is 3. The summed E-state index contributed by atoms with van der Waals surface area (Å²) in [6, 6.07) is 0. The summed E-state index contributed by atoms with van der Waals surface area (Å²) >= 11 is 0. The number of carbonyl (C=O) groups is 1. The van der Waals surface area contributed by atoms with E-state index in [-0.39, 0.29) is 12.6 Å². The molecule has 0 unspecified atom stereocenters. The third kappa shape index (κ3) is 6.43. The van der Waals surface area contributed by atoms with Gasteiger partial charge in [0.25, 0.3) is 0 Å². The van der Waals surface area contributed by atoms with Gasteiger partial charge in [0.2, 0.25) is 0 Å². The second-order valence-electron chi connectivity index (χ2n) is 3.40. The summed E-state index contributed by atoms with van der Waals surface area (Å²) in [6.45, 7) is 12.0. The van der Waals surface area contributed by atoms with Gasteiger partial charge in [-0.05, 0) is 5.92 Å². The molecule has 0 aliphatic carbocycles. The zero-order valence-electron chi connectivity index (χ0n) is 8.91. The Hall–Kier alpha value is -1.09. The highest BCUT2D eigenvalue weighted by Gasteiger charge is 2.08. The van der Waals surface area contributed by atoms with Crippen molar-refractivity contribution in [3.05, 3.63) is 24.8 Å². The molecule has 0 amide bonds. The van der Waals surface area contributed by atoms with Crippen molar-refractivity contribution in [3.63, 3.8) is 0 Å². The van der Waals surface area contributed by atoms with Gasteiger partial charge in [0.05, 0.1) is 25.4 Å². The van der Waals surface area contributed by atoms with Gasteiger partial charge in [-0.3, -0.25) is 0 Å². The van der Waals surface area contributed by atoms with E-state index >= 15 is 0 Å². The topological polar surface area (TPSA) is 35.5 Å². The second kappa shape index (κ2) is 7.33. The Bertz CT molecular complexity index is 207. The smallest absolute Gasteiger partial charge is 0.335 e. The van der Waals surface area contributed by atoms with Gasteiger partial charge in [0.1, 0.15) is 0 Å². The average Bonchev–Trinajstić information content (AvgIpc) is 2.14. The Labute approximate surface area is 85.4 Å². The monoisotopic (exact) mass is 198 g/mol. The van der Waals surface area contributed by atoms with E-state index in [2.05, 4.69) is 13.2 Å². The minimum Gasteiger partial charge on any atom is -0.462 e. The molecule has 0 aliphatic rings. The maximum Gasteiger partial charge on any atom is 0.335 e. The van der Waals surface area contributed by atoms with Crippen LogP contribution in [0.3, 0.4) is 0 Å². The van der Waals surface area contributed by atoms with Gasteiger partial charge >= 0.3 is 5.97 Å². The molecular formula is C11H18O3. The standard InChI is InChI=1S/C11H18O3/c1-5-6-13-8-10(4)11(12)14-7-9(2)3/h5,9H,1,4,6-8H2,2-3H3. The lowest BCUT2D eigenvalue weighted by atomic mass is 10.2. The van der Waals surface area contributed by atoms with E-state index in [4.69, 9.17) is 9.47 Å². The van der Waals surface area contributed by atoms with Gasteiger partial charge in [-0.1, -0.05) is 26.5 Å². The molecule has 0 aromatic rings. The Balaban J connectivity index is 3.65. The molecule has 0 aromatic heterocycles. The summed E-state index contributed by atoms with van der Waals surface area (Å²) < 4.78 is 10.0. The highest BCUT2D eigenvalue weighted by Crippen LogP contribution is 1.99. The fourth-order valence-corrected chi connectivity index (χ4v) is 0.669. The van der Waals surface area contributed by atoms with Crippen LogP contribution in [0.2, 0.25) is 0 Å². The number of rotatable bonds is 7. The molecule has 0 radical (unpaired) electrons. The van der Waals surface area contributed by atoms with Crippen LogP contribution in [0.1, 0.15) is 13.8 Å². The summed E-state index contributed by atoms with van der Waals surface area (Å²) in [4.78, 5) is 11.2. The van der Waals surface area contributed by atoms with Crippen LogP contribution in [0.4, 0.5) is 0 Å².